The van der Waals surface area contributed by atoms with Gasteiger partial charge in [0.05, 0.1) is 19.8 Å². The van der Waals surface area contributed by atoms with Crippen LogP contribution in [0.1, 0.15) is 30.7 Å². The van der Waals surface area contributed by atoms with E-state index in [0.29, 0.717) is 17.9 Å². The number of hydrogen-bond donors (Lipinski definition) is 2. The molecule has 9 heteroatoms. The summed E-state index contributed by atoms with van der Waals surface area (Å²) in [5.41, 5.74) is 1.29. The van der Waals surface area contributed by atoms with Gasteiger partial charge in [-0.2, -0.15) is 0 Å². The number of hydrogen-bond acceptors (Lipinski definition) is 5. The number of thiophene rings is 1. The van der Waals surface area contributed by atoms with Gasteiger partial charge in [0, 0.05) is 50.7 Å². The molecule has 2 aliphatic rings. The average Bonchev–Trinajstić information content (AvgIpc) is 3.21. The lowest BCUT2D eigenvalue weighted by Crippen LogP contribution is -2.52. The summed E-state index contributed by atoms with van der Waals surface area (Å²) < 4.78 is 5.50. The molecule has 0 spiro atoms. The van der Waals surface area contributed by atoms with Gasteiger partial charge in [-0.15, -0.1) is 35.3 Å². The first-order valence-electron chi connectivity index (χ1n) is 10.7. The van der Waals surface area contributed by atoms with Crippen molar-refractivity contribution in [1.29, 1.82) is 0 Å². The highest BCUT2D eigenvalue weighted by Gasteiger charge is 2.23. The normalized spacial score (nSPS) is 18.5. The van der Waals surface area contributed by atoms with Crippen molar-refractivity contribution >= 4 is 47.2 Å². The van der Waals surface area contributed by atoms with Crippen LogP contribution in [0.4, 0.5) is 0 Å². The fraction of sp³-hybridized carbons (Fsp3) is 0.714. The summed E-state index contributed by atoms with van der Waals surface area (Å²) in [6.45, 7) is 10.7. The second kappa shape index (κ2) is 12.8. The summed E-state index contributed by atoms with van der Waals surface area (Å²) in [5.74, 6) is 1.44. The number of nitrogens with zero attached hydrogens (tertiary/aromatic N) is 3. The molecule has 0 aliphatic carbocycles. The molecule has 3 rings (SSSR count). The number of amides is 1. The molecule has 1 atom stereocenters. The lowest BCUT2D eigenvalue weighted by Gasteiger charge is -2.35. The Labute approximate surface area is 201 Å². The van der Waals surface area contributed by atoms with Crippen LogP contribution in [-0.4, -0.2) is 80.7 Å². The summed E-state index contributed by atoms with van der Waals surface area (Å²) in [6.07, 6.45) is 2.09. The number of ether oxygens (including phenoxy) is 1. The van der Waals surface area contributed by atoms with Crippen LogP contribution >= 0.6 is 35.3 Å². The van der Waals surface area contributed by atoms with Crippen molar-refractivity contribution in [3.63, 3.8) is 0 Å². The Bertz CT molecular complexity index is 691. The smallest absolute Gasteiger partial charge is 0.242 e. The maximum Gasteiger partial charge on any atom is 0.242 e. The van der Waals surface area contributed by atoms with E-state index in [1.54, 1.807) is 18.4 Å². The topological polar surface area (TPSA) is 69.2 Å². The summed E-state index contributed by atoms with van der Waals surface area (Å²) in [5, 5.41) is 8.75. The molecule has 0 bridgehead atoms. The number of morpholine rings is 1. The standard InChI is InChI=1S/C21H35N5O2S.HI/c1-16(2)12-18(25-7-9-28-10-8-25)13-23-21(22-3)24-14-20(27)26-6-4-19-17(15-26)5-11-29-19;/h5,11,16,18H,4,6-10,12-15H2,1-3H3,(H2,22,23,24);1H. The predicted molar refractivity (Wildman–Crippen MR) is 134 cm³/mol. The third kappa shape index (κ3) is 7.35. The molecule has 2 aliphatic heterocycles. The summed E-state index contributed by atoms with van der Waals surface area (Å²) in [6, 6.07) is 2.57. The van der Waals surface area contributed by atoms with Gasteiger partial charge in [0.25, 0.3) is 0 Å². The zero-order valence-corrected chi connectivity index (χ0v) is 21.5. The SMILES string of the molecule is CN=C(NCC(=O)N1CCc2sccc2C1)NCC(CC(C)C)N1CCOCC1.I. The fourth-order valence-corrected chi connectivity index (χ4v) is 4.91. The molecule has 1 aromatic rings. The van der Waals surface area contributed by atoms with E-state index in [-0.39, 0.29) is 36.4 Å². The number of nitrogens with one attached hydrogen (secondary N) is 2. The molecule has 1 fully saturated rings. The highest BCUT2D eigenvalue weighted by molar-refractivity contribution is 14.0. The molecule has 1 saturated heterocycles. The van der Waals surface area contributed by atoms with Crippen molar-refractivity contribution in [3.05, 3.63) is 21.9 Å². The first kappa shape index (κ1) is 25.4. The van der Waals surface area contributed by atoms with Crippen LogP contribution in [0.15, 0.2) is 16.4 Å². The first-order chi connectivity index (χ1) is 14.1. The van der Waals surface area contributed by atoms with Crippen molar-refractivity contribution in [1.82, 2.24) is 20.4 Å². The third-order valence-corrected chi connectivity index (χ3v) is 6.62. The van der Waals surface area contributed by atoms with Gasteiger partial charge in [-0.05, 0) is 35.8 Å². The van der Waals surface area contributed by atoms with Crippen molar-refractivity contribution in [2.45, 2.75) is 39.3 Å². The highest BCUT2D eigenvalue weighted by atomic mass is 127. The summed E-state index contributed by atoms with van der Waals surface area (Å²) in [4.78, 5) is 22.8. The molecule has 170 valence electrons. The number of halogens is 1. The molecule has 3 heterocycles. The van der Waals surface area contributed by atoms with Gasteiger partial charge < -0.3 is 20.3 Å². The summed E-state index contributed by atoms with van der Waals surface area (Å²) >= 11 is 1.79. The molecule has 7 nitrogen and oxygen atoms in total. The van der Waals surface area contributed by atoms with Gasteiger partial charge in [-0.25, -0.2) is 0 Å². The lowest BCUT2D eigenvalue weighted by molar-refractivity contribution is -0.130. The van der Waals surface area contributed by atoms with E-state index in [2.05, 4.69) is 45.8 Å². The fourth-order valence-electron chi connectivity index (χ4n) is 4.02. The monoisotopic (exact) mass is 549 g/mol. The maximum atomic E-state index is 12.6. The van der Waals surface area contributed by atoms with E-state index >= 15 is 0 Å². The van der Waals surface area contributed by atoms with E-state index in [4.69, 9.17) is 4.74 Å². The van der Waals surface area contributed by atoms with Crippen LogP contribution in [0, 0.1) is 5.92 Å². The van der Waals surface area contributed by atoms with Crippen LogP contribution < -0.4 is 10.6 Å². The third-order valence-electron chi connectivity index (χ3n) is 5.60. The second-order valence-electron chi connectivity index (χ2n) is 8.17. The van der Waals surface area contributed by atoms with Gasteiger partial charge in [0.1, 0.15) is 0 Å². The predicted octanol–water partition coefficient (Wildman–Crippen LogP) is 2.16. The summed E-state index contributed by atoms with van der Waals surface area (Å²) in [7, 11) is 1.75. The lowest BCUT2D eigenvalue weighted by atomic mass is 10.0. The van der Waals surface area contributed by atoms with Gasteiger partial charge in [-0.3, -0.25) is 14.7 Å². The van der Waals surface area contributed by atoms with Crippen LogP contribution in [0.5, 0.6) is 0 Å². The van der Waals surface area contributed by atoms with E-state index in [1.165, 1.54) is 10.4 Å². The van der Waals surface area contributed by atoms with Crippen LogP contribution in [0.2, 0.25) is 0 Å². The van der Waals surface area contributed by atoms with Crippen molar-refractivity contribution in [3.8, 4) is 0 Å². The molecule has 1 amide bonds. The second-order valence-corrected chi connectivity index (χ2v) is 9.17. The maximum absolute atomic E-state index is 12.6. The minimum atomic E-state index is 0. The Morgan fingerprint density at radius 2 is 2.03 bits per heavy atom. The molecule has 2 N–H and O–H groups in total. The molecular weight excluding hydrogens is 513 g/mol. The molecule has 1 unspecified atom stereocenters. The van der Waals surface area contributed by atoms with E-state index in [1.807, 2.05) is 4.90 Å². The van der Waals surface area contributed by atoms with Crippen molar-refractivity contribution in [2.24, 2.45) is 10.9 Å². The first-order valence-corrected chi connectivity index (χ1v) is 11.5. The van der Waals surface area contributed by atoms with Gasteiger partial charge in [0.15, 0.2) is 5.96 Å². The zero-order chi connectivity index (χ0) is 20.6. The molecule has 30 heavy (non-hydrogen) atoms. The quantitative estimate of drug-likeness (QED) is 0.310. The molecular formula is C21H36IN5O2S. The van der Waals surface area contributed by atoms with Crippen LogP contribution in [0.25, 0.3) is 0 Å². The number of aliphatic imine (C=N–C) groups is 1. The van der Waals surface area contributed by atoms with Crippen LogP contribution in [0.3, 0.4) is 0 Å². The number of rotatable bonds is 7. The highest BCUT2D eigenvalue weighted by Crippen LogP contribution is 2.23. The number of carbonyl (C=O) groups excluding carboxylic acids is 1. The Morgan fingerprint density at radius 3 is 2.73 bits per heavy atom. The Morgan fingerprint density at radius 1 is 1.27 bits per heavy atom. The number of fused-ring (bicyclic) bond motifs is 1. The van der Waals surface area contributed by atoms with Gasteiger partial charge >= 0.3 is 0 Å². The van der Waals surface area contributed by atoms with Crippen molar-refractivity contribution < 1.29 is 9.53 Å². The Balaban J connectivity index is 0.00000320. The molecule has 0 saturated carbocycles. The molecule has 1 aromatic heterocycles. The minimum absolute atomic E-state index is 0. The average molecular weight is 550 g/mol. The van der Waals surface area contributed by atoms with Gasteiger partial charge in [0.2, 0.25) is 5.91 Å². The molecule has 0 radical (unpaired) electrons. The molecule has 0 aromatic carbocycles. The zero-order valence-electron chi connectivity index (χ0n) is 18.4. The Kier molecular flexibility index (Phi) is 10.8. The van der Waals surface area contributed by atoms with Crippen molar-refractivity contribution in [2.75, 3.05) is 53.0 Å². The number of guanidine groups is 1. The van der Waals surface area contributed by atoms with E-state index in [0.717, 1.165) is 58.8 Å². The van der Waals surface area contributed by atoms with Crippen LogP contribution in [-0.2, 0) is 22.5 Å². The largest absolute Gasteiger partial charge is 0.379 e. The van der Waals surface area contributed by atoms with E-state index in [9.17, 15) is 4.79 Å². The Hall–Kier alpha value is -0.910. The van der Waals surface area contributed by atoms with E-state index < -0.39 is 0 Å². The van der Waals surface area contributed by atoms with Gasteiger partial charge in [-0.1, -0.05) is 13.8 Å². The number of carbonyl (C=O) groups is 1. The minimum Gasteiger partial charge on any atom is -0.379 e.